The Morgan fingerprint density at radius 3 is 2.84 bits per heavy atom. The minimum Gasteiger partial charge on any atom is -0.454 e. The molecule has 5 atom stereocenters. The topological polar surface area (TPSA) is 55.8 Å². The monoisotopic (exact) mass is 418 g/mol. The van der Waals surface area contributed by atoms with Crippen molar-refractivity contribution in [1.29, 1.82) is 0 Å². The lowest BCUT2D eigenvalue weighted by Gasteiger charge is -2.54. The summed E-state index contributed by atoms with van der Waals surface area (Å²) in [6.07, 6.45) is 9.91. The minimum absolute atomic E-state index is 0.206. The van der Waals surface area contributed by atoms with E-state index in [0.717, 1.165) is 50.0 Å². The number of ketones is 1. The molecule has 1 aliphatic heterocycles. The van der Waals surface area contributed by atoms with Gasteiger partial charge in [-0.25, -0.2) is 0 Å². The standard InChI is InChI=1S/C27H30O4/c1-3-27(29)11-10-22-20-7-4-16-12-18(28)6-8-19(16)25(20)21(14-26(22,27)2)17-5-9-23-24(13-17)31-15-30-23/h3,5,9,12-13,20-22,29H,1,4,6-8,10-11,14-15H2,2H3/t20?,21-,22?,26+,27+/m1/s1. The lowest BCUT2D eigenvalue weighted by Crippen LogP contribution is -2.50. The van der Waals surface area contributed by atoms with Crippen LogP contribution in [0.4, 0.5) is 0 Å². The van der Waals surface area contributed by atoms with E-state index in [0.29, 0.717) is 18.3 Å². The van der Waals surface area contributed by atoms with Gasteiger partial charge in [0.1, 0.15) is 0 Å². The van der Waals surface area contributed by atoms with Crippen LogP contribution < -0.4 is 9.47 Å². The number of benzene rings is 1. The minimum atomic E-state index is -0.832. The third-order valence-electron chi connectivity index (χ3n) is 9.09. The number of carbonyl (C=O) groups excluding carboxylic acids is 1. The number of rotatable bonds is 2. The summed E-state index contributed by atoms with van der Waals surface area (Å²) in [6.45, 7) is 6.58. The first-order valence-corrected chi connectivity index (χ1v) is 11.7. The largest absolute Gasteiger partial charge is 0.454 e. The fourth-order valence-corrected chi connectivity index (χ4v) is 7.46. The number of aliphatic hydroxyl groups is 1. The molecule has 0 saturated heterocycles. The molecule has 2 saturated carbocycles. The summed E-state index contributed by atoms with van der Waals surface area (Å²) in [5.74, 6) is 2.97. The predicted octanol–water partition coefficient (Wildman–Crippen LogP) is 5.23. The Hall–Kier alpha value is -2.33. The summed E-state index contributed by atoms with van der Waals surface area (Å²) in [5, 5.41) is 11.6. The van der Waals surface area contributed by atoms with Crippen molar-refractivity contribution in [1.82, 2.24) is 0 Å². The number of ether oxygens (including phenoxy) is 2. The third kappa shape index (κ3) is 2.60. The Balaban J connectivity index is 1.54. The van der Waals surface area contributed by atoms with Gasteiger partial charge in [0.05, 0.1) is 5.60 Å². The molecule has 0 radical (unpaired) electrons. The van der Waals surface area contributed by atoms with Gasteiger partial charge in [-0.1, -0.05) is 24.6 Å². The van der Waals surface area contributed by atoms with Crippen LogP contribution in [0.3, 0.4) is 0 Å². The second kappa shape index (κ2) is 6.59. The number of hydrogen-bond acceptors (Lipinski definition) is 4. The van der Waals surface area contributed by atoms with Gasteiger partial charge < -0.3 is 14.6 Å². The molecule has 0 aromatic heterocycles. The van der Waals surface area contributed by atoms with E-state index in [1.54, 1.807) is 6.08 Å². The first-order valence-electron chi connectivity index (χ1n) is 11.7. The van der Waals surface area contributed by atoms with Crippen molar-refractivity contribution >= 4 is 5.78 Å². The van der Waals surface area contributed by atoms with Gasteiger partial charge in [0.25, 0.3) is 0 Å². The molecule has 4 nitrogen and oxygen atoms in total. The van der Waals surface area contributed by atoms with Crippen molar-refractivity contribution in [2.24, 2.45) is 17.3 Å². The zero-order valence-corrected chi connectivity index (χ0v) is 18.2. The van der Waals surface area contributed by atoms with Crippen LogP contribution in [0.15, 0.2) is 53.6 Å². The van der Waals surface area contributed by atoms with Gasteiger partial charge in [-0.15, -0.1) is 6.58 Å². The molecule has 4 aliphatic carbocycles. The number of hydrogen-bond donors (Lipinski definition) is 1. The van der Waals surface area contributed by atoms with Crippen molar-refractivity contribution < 1.29 is 19.4 Å². The molecule has 1 heterocycles. The Bertz CT molecular complexity index is 1050. The zero-order chi connectivity index (χ0) is 21.4. The lowest BCUT2D eigenvalue weighted by atomic mass is 9.51. The van der Waals surface area contributed by atoms with Gasteiger partial charge in [0.15, 0.2) is 17.3 Å². The molecule has 1 N–H and O–H groups in total. The van der Waals surface area contributed by atoms with Crippen LogP contribution in [0, 0.1) is 17.3 Å². The molecule has 2 fully saturated rings. The first-order chi connectivity index (χ1) is 14.9. The molecule has 6 rings (SSSR count). The molecule has 5 aliphatic rings. The predicted molar refractivity (Wildman–Crippen MR) is 118 cm³/mol. The highest BCUT2D eigenvalue weighted by molar-refractivity contribution is 5.93. The highest BCUT2D eigenvalue weighted by Gasteiger charge is 2.61. The molecule has 0 bridgehead atoms. The quantitative estimate of drug-likeness (QED) is 0.668. The normalized spacial score (nSPS) is 38.3. The van der Waals surface area contributed by atoms with Crippen molar-refractivity contribution in [2.45, 2.75) is 63.4 Å². The van der Waals surface area contributed by atoms with Crippen molar-refractivity contribution in [2.75, 3.05) is 6.79 Å². The average Bonchev–Trinajstić information content (AvgIpc) is 3.34. The summed E-state index contributed by atoms with van der Waals surface area (Å²) >= 11 is 0. The average molecular weight is 419 g/mol. The number of fused-ring (bicyclic) bond motifs is 5. The van der Waals surface area contributed by atoms with Crippen LogP contribution in [0.1, 0.15) is 63.4 Å². The van der Waals surface area contributed by atoms with Gasteiger partial charge in [-0.3, -0.25) is 4.79 Å². The van der Waals surface area contributed by atoms with Crippen molar-refractivity contribution in [3.05, 3.63) is 59.2 Å². The van der Waals surface area contributed by atoms with E-state index < -0.39 is 5.60 Å². The van der Waals surface area contributed by atoms with Gasteiger partial charge in [0.2, 0.25) is 6.79 Å². The molecular formula is C27H30O4. The Morgan fingerprint density at radius 1 is 1.16 bits per heavy atom. The summed E-state index contributed by atoms with van der Waals surface area (Å²) in [7, 11) is 0. The maximum absolute atomic E-state index is 12.1. The summed E-state index contributed by atoms with van der Waals surface area (Å²) in [6, 6.07) is 6.32. The van der Waals surface area contributed by atoms with E-state index >= 15 is 0 Å². The molecule has 4 heteroatoms. The van der Waals surface area contributed by atoms with E-state index in [2.05, 4.69) is 25.6 Å². The van der Waals surface area contributed by atoms with E-state index in [4.69, 9.17) is 9.47 Å². The Kier molecular flexibility index (Phi) is 4.11. The SMILES string of the molecule is C=C[C@]1(O)CCC2C3CCC4=CC(=O)CCC4=C3[C@@H](c3ccc4c(c3)OCO4)C[C@@]21C. The lowest BCUT2D eigenvalue weighted by molar-refractivity contribution is -0.114. The number of carbonyl (C=O) groups is 1. The second-order valence-electron chi connectivity index (χ2n) is 10.3. The summed E-state index contributed by atoms with van der Waals surface area (Å²) in [5.41, 5.74) is 4.40. The molecular weight excluding hydrogens is 388 g/mol. The van der Waals surface area contributed by atoms with Gasteiger partial charge in [-0.05, 0) is 85.3 Å². The van der Waals surface area contributed by atoms with Gasteiger partial charge in [-0.2, -0.15) is 0 Å². The van der Waals surface area contributed by atoms with E-state index in [-0.39, 0.29) is 23.9 Å². The third-order valence-corrected chi connectivity index (χ3v) is 9.09. The maximum Gasteiger partial charge on any atom is 0.231 e. The highest BCUT2D eigenvalue weighted by Crippen LogP contribution is 2.67. The van der Waals surface area contributed by atoms with E-state index in [1.165, 1.54) is 22.3 Å². The van der Waals surface area contributed by atoms with Crippen molar-refractivity contribution in [3.63, 3.8) is 0 Å². The van der Waals surface area contributed by atoms with Crippen LogP contribution in [-0.2, 0) is 4.79 Å². The van der Waals surface area contributed by atoms with Crippen LogP contribution >= 0.6 is 0 Å². The highest BCUT2D eigenvalue weighted by atomic mass is 16.7. The smallest absolute Gasteiger partial charge is 0.231 e. The molecule has 2 unspecified atom stereocenters. The fourth-order valence-electron chi connectivity index (χ4n) is 7.46. The van der Waals surface area contributed by atoms with E-state index in [9.17, 15) is 9.90 Å². The zero-order valence-electron chi connectivity index (χ0n) is 18.2. The van der Waals surface area contributed by atoms with Crippen molar-refractivity contribution in [3.8, 4) is 11.5 Å². The van der Waals surface area contributed by atoms with Crippen LogP contribution in [0.2, 0.25) is 0 Å². The number of allylic oxidation sites excluding steroid dienone is 4. The molecule has 1 aromatic rings. The second-order valence-corrected chi connectivity index (χ2v) is 10.3. The van der Waals surface area contributed by atoms with Gasteiger partial charge >= 0.3 is 0 Å². The van der Waals surface area contributed by atoms with Crippen LogP contribution in [-0.4, -0.2) is 23.3 Å². The first kappa shape index (κ1) is 19.4. The summed E-state index contributed by atoms with van der Waals surface area (Å²) < 4.78 is 11.3. The molecule has 31 heavy (non-hydrogen) atoms. The van der Waals surface area contributed by atoms with E-state index in [1.807, 2.05) is 12.1 Å². The Labute approximate surface area is 183 Å². The molecule has 0 spiro atoms. The van der Waals surface area contributed by atoms with Crippen LogP contribution in [0.5, 0.6) is 11.5 Å². The molecule has 162 valence electrons. The summed E-state index contributed by atoms with van der Waals surface area (Å²) in [4.78, 5) is 12.1. The fraction of sp³-hybridized carbons (Fsp3) is 0.519. The van der Waals surface area contributed by atoms with Gasteiger partial charge in [0, 0.05) is 17.8 Å². The Morgan fingerprint density at radius 2 is 2.00 bits per heavy atom. The van der Waals surface area contributed by atoms with Crippen LogP contribution in [0.25, 0.3) is 0 Å². The maximum atomic E-state index is 12.1. The molecule has 0 amide bonds. The molecule has 1 aromatic carbocycles.